The topological polar surface area (TPSA) is 66.9 Å². The van der Waals surface area contributed by atoms with Crippen molar-refractivity contribution in [3.63, 3.8) is 0 Å². The minimum atomic E-state index is -0.132. The van der Waals surface area contributed by atoms with Crippen LogP contribution in [0, 0.1) is 0 Å². The summed E-state index contributed by atoms with van der Waals surface area (Å²) in [6.07, 6.45) is 0.653. The van der Waals surface area contributed by atoms with E-state index in [2.05, 4.69) is 20.8 Å². The summed E-state index contributed by atoms with van der Waals surface area (Å²) >= 11 is 7.29. The summed E-state index contributed by atoms with van der Waals surface area (Å²) in [5.74, 6) is -0.132. The number of nitrogens with one attached hydrogen (secondary N) is 2. The van der Waals surface area contributed by atoms with Crippen LogP contribution in [0.1, 0.15) is 10.6 Å². The molecule has 2 N–H and O–H groups in total. The van der Waals surface area contributed by atoms with Crippen LogP contribution in [0.15, 0.2) is 24.3 Å². The van der Waals surface area contributed by atoms with E-state index in [9.17, 15) is 4.79 Å². The molecule has 0 bridgehead atoms. The first-order valence-corrected chi connectivity index (χ1v) is 6.88. The number of carbonyl (C=O) groups excluding carboxylic acids is 1. The predicted molar refractivity (Wildman–Crippen MR) is 76.7 cm³/mol. The largest absolute Gasteiger partial charge is 0.311 e. The van der Waals surface area contributed by atoms with Gasteiger partial charge in [0.2, 0.25) is 11.0 Å². The van der Waals surface area contributed by atoms with Gasteiger partial charge in [-0.05, 0) is 24.7 Å². The van der Waals surface area contributed by atoms with Gasteiger partial charge in [-0.15, -0.1) is 10.2 Å². The zero-order valence-electron chi connectivity index (χ0n) is 10.3. The summed E-state index contributed by atoms with van der Waals surface area (Å²) in [7, 11) is 1.71. The van der Waals surface area contributed by atoms with E-state index in [0.29, 0.717) is 16.6 Å². The molecule has 0 aliphatic heterocycles. The average Bonchev–Trinajstić information content (AvgIpc) is 2.76. The summed E-state index contributed by atoms with van der Waals surface area (Å²) in [6.45, 7) is 0.253. The van der Waals surface area contributed by atoms with Crippen LogP contribution in [0.25, 0.3) is 0 Å². The molecule has 2 rings (SSSR count). The Labute approximate surface area is 120 Å². The Morgan fingerprint density at radius 3 is 3.00 bits per heavy atom. The van der Waals surface area contributed by atoms with E-state index in [1.807, 2.05) is 24.3 Å². The number of likely N-dealkylation sites (N-methyl/N-ethyl adjacent to an activating group) is 1. The second-order valence-electron chi connectivity index (χ2n) is 3.89. The monoisotopic (exact) mass is 296 g/mol. The molecule has 5 nitrogen and oxygen atoms in total. The molecule has 1 amide bonds. The lowest BCUT2D eigenvalue weighted by Gasteiger charge is -1.98. The third kappa shape index (κ3) is 4.27. The van der Waals surface area contributed by atoms with Crippen molar-refractivity contribution in [1.82, 2.24) is 15.5 Å². The highest BCUT2D eigenvalue weighted by atomic mass is 35.5. The second kappa shape index (κ2) is 6.60. The molecule has 0 saturated carbocycles. The summed E-state index contributed by atoms with van der Waals surface area (Å²) < 4.78 is 0. The molecule has 7 heteroatoms. The van der Waals surface area contributed by atoms with Crippen LogP contribution in [0.5, 0.6) is 0 Å². The second-order valence-corrected chi connectivity index (χ2v) is 5.38. The van der Waals surface area contributed by atoms with Crippen molar-refractivity contribution in [1.29, 1.82) is 0 Å². The fourth-order valence-electron chi connectivity index (χ4n) is 1.52. The van der Waals surface area contributed by atoms with Crippen LogP contribution in [-0.4, -0.2) is 29.7 Å². The Morgan fingerprint density at radius 2 is 2.26 bits per heavy atom. The zero-order valence-corrected chi connectivity index (χ0v) is 11.9. The van der Waals surface area contributed by atoms with Crippen molar-refractivity contribution >= 4 is 34.0 Å². The maximum absolute atomic E-state index is 11.4. The van der Waals surface area contributed by atoms with Crippen LogP contribution in [-0.2, 0) is 11.2 Å². The van der Waals surface area contributed by atoms with E-state index < -0.39 is 0 Å². The summed E-state index contributed by atoms with van der Waals surface area (Å²) in [5, 5.41) is 15.5. The molecule has 19 heavy (non-hydrogen) atoms. The predicted octanol–water partition coefficient (Wildman–Crippen LogP) is 1.94. The molecule has 0 aliphatic carbocycles. The molecule has 0 fully saturated rings. The Balaban J connectivity index is 1.99. The maximum atomic E-state index is 11.4. The molecule has 1 aromatic carbocycles. The van der Waals surface area contributed by atoms with Crippen molar-refractivity contribution in [2.45, 2.75) is 6.42 Å². The molecule has 1 heterocycles. The highest BCUT2D eigenvalue weighted by Gasteiger charge is 2.08. The van der Waals surface area contributed by atoms with E-state index in [4.69, 9.17) is 11.6 Å². The highest BCUT2D eigenvalue weighted by molar-refractivity contribution is 7.15. The summed E-state index contributed by atoms with van der Waals surface area (Å²) in [6, 6.07) is 7.59. The number of hydrogen-bond acceptors (Lipinski definition) is 5. The van der Waals surface area contributed by atoms with E-state index in [1.165, 1.54) is 11.3 Å². The number of hydrogen-bond donors (Lipinski definition) is 2. The Kier molecular flexibility index (Phi) is 4.84. The fraction of sp³-hybridized carbons (Fsp3) is 0.250. The lowest BCUT2D eigenvalue weighted by atomic mass is 10.2. The minimum absolute atomic E-state index is 0.132. The van der Waals surface area contributed by atoms with Crippen LogP contribution < -0.4 is 10.6 Å². The fourth-order valence-corrected chi connectivity index (χ4v) is 2.52. The molecule has 100 valence electrons. The van der Waals surface area contributed by atoms with Gasteiger partial charge in [0, 0.05) is 11.4 Å². The van der Waals surface area contributed by atoms with Gasteiger partial charge in [-0.3, -0.25) is 10.1 Å². The van der Waals surface area contributed by atoms with Gasteiger partial charge in [-0.1, -0.05) is 35.1 Å². The standard InChI is InChI=1S/C12H13ClN4OS/c1-14-7-10(18)15-12-17-16-11(19-12)6-8-3-2-4-9(13)5-8/h2-5,14H,6-7H2,1H3,(H,15,17,18). The number of amides is 1. The number of rotatable bonds is 5. The van der Waals surface area contributed by atoms with Crippen molar-refractivity contribution in [2.75, 3.05) is 18.9 Å². The van der Waals surface area contributed by atoms with Crippen LogP contribution in [0.4, 0.5) is 5.13 Å². The van der Waals surface area contributed by atoms with Crippen molar-refractivity contribution in [3.8, 4) is 0 Å². The van der Waals surface area contributed by atoms with Crippen molar-refractivity contribution in [3.05, 3.63) is 39.9 Å². The first-order valence-electron chi connectivity index (χ1n) is 5.68. The van der Waals surface area contributed by atoms with Crippen LogP contribution >= 0.6 is 22.9 Å². The normalized spacial score (nSPS) is 10.4. The van der Waals surface area contributed by atoms with E-state index in [1.54, 1.807) is 7.05 Å². The molecule has 0 spiro atoms. The Hall–Kier alpha value is -1.50. The summed E-state index contributed by atoms with van der Waals surface area (Å²) in [5.41, 5.74) is 1.07. The Bertz CT molecular complexity index is 572. The molecule has 0 atom stereocenters. The van der Waals surface area contributed by atoms with Gasteiger partial charge >= 0.3 is 0 Å². The van der Waals surface area contributed by atoms with E-state index >= 15 is 0 Å². The summed E-state index contributed by atoms with van der Waals surface area (Å²) in [4.78, 5) is 11.4. The minimum Gasteiger partial charge on any atom is -0.311 e. The molecule has 0 radical (unpaired) electrons. The zero-order chi connectivity index (χ0) is 13.7. The van der Waals surface area contributed by atoms with Crippen LogP contribution in [0.2, 0.25) is 5.02 Å². The smallest absolute Gasteiger partial charge is 0.240 e. The van der Waals surface area contributed by atoms with Crippen molar-refractivity contribution in [2.24, 2.45) is 0 Å². The number of nitrogens with zero attached hydrogens (tertiary/aromatic N) is 2. The van der Waals surface area contributed by atoms with Crippen molar-refractivity contribution < 1.29 is 4.79 Å². The number of carbonyl (C=O) groups is 1. The SMILES string of the molecule is CNCC(=O)Nc1nnc(Cc2cccc(Cl)c2)s1. The number of benzene rings is 1. The maximum Gasteiger partial charge on any atom is 0.240 e. The van der Waals surface area contributed by atoms with Gasteiger partial charge in [0.1, 0.15) is 5.01 Å². The molecular formula is C12H13ClN4OS. The first kappa shape index (κ1) is 13.9. The quantitative estimate of drug-likeness (QED) is 0.885. The van der Waals surface area contributed by atoms with E-state index in [0.717, 1.165) is 10.6 Å². The molecule has 0 saturated heterocycles. The molecule has 0 unspecified atom stereocenters. The third-order valence-corrected chi connectivity index (χ3v) is 3.37. The molecular weight excluding hydrogens is 284 g/mol. The third-order valence-electron chi connectivity index (χ3n) is 2.29. The molecule has 2 aromatic rings. The number of anilines is 1. The first-order chi connectivity index (χ1) is 9.17. The van der Waals surface area contributed by atoms with Gasteiger partial charge in [-0.2, -0.15) is 0 Å². The Morgan fingerprint density at radius 1 is 1.42 bits per heavy atom. The van der Waals surface area contributed by atoms with Gasteiger partial charge in [0.25, 0.3) is 0 Å². The number of aromatic nitrogens is 2. The van der Waals surface area contributed by atoms with Gasteiger partial charge in [0.05, 0.1) is 6.54 Å². The van der Waals surface area contributed by atoms with E-state index in [-0.39, 0.29) is 12.5 Å². The molecule has 0 aliphatic rings. The van der Waals surface area contributed by atoms with Gasteiger partial charge in [0.15, 0.2) is 0 Å². The van der Waals surface area contributed by atoms with Crippen LogP contribution in [0.3, 0.4) is 0 Å². The number of halogens is 1. The molecule has 1 aromatic heterocycles. The highest BCUT2D eigenvalue weighted by Crippen LogP contribution is 2.20. The lowest BCUT2D eigenvalue weighted by Crippen LogP contribution is -2.24. The van der Waals surface area contributed by atoms with Gasteiger partial charge < -0.3 is 5.32 Å². The average molecular weight is 297 g/mol. The van der Waals surface area contributed by atoms with Gasteiger partial charge in [-0.25, -0.2) is 0 Å². The lowest BCUT2D eigenvalue weighted by molar-refractivity contribution is -0.115.